The van der Waals surface area contributed by atoms with Crippen molar-refractivity contribution < 1.29 is 4.39 Å². The fourth-order valence-electron chi connectivity index (χ4n) is 2.03. The number of halogens is 1. The lowest BCUT2D eigenvalue weighted by molar-refractivity contribution is 0.628. The van der Waals surface area contributed by atoms with Crippen LogP contribution in [0, 0.1) is 18.2 Å². The fourth-order valence-corrected chi connectivity index (χ4v) is 2.03. The van der Waals surface area contributed by atoms with Gasteiger partial charge in [-0.2, -0.15) is 0 Å². The van der Waals surface area contributed by atoms with E-state index in [1.54, 1.807) is 30.3 Å². The Balaban J connectivity index is 2.28. The average Bonchev–Trinajstić information content (AvgIpc) is 2.46. The van der Waals surface area contributed by atoms with Crippen molar-refractivity contribution in [2.45, 2.75) is 0 Å². The van der Waals surface area contributed by atoms with Gasteiger partial charge in [-0.3, -0.25) is 4.79 Å². The number of aromatic nitrogens is 2. The Morgan fingerprint density at radius 3 is 2.80 bits per heavy atom. The number of para-hydroxylation sites is 1. The first-order valence-electron chi connectivity index (χ1n) is 5.94. The quantitative estimate of drug-likeness (QED) is 0.687. The number of nitrogens with one attached hydrogen (secondary N) is 1. The van der Waals surface area contributed by atoms with Crippen LogP contribution in [0.1, 0.15) is 5.56 Å². The van der Waals surface area contributed by atoms with E-state index in [-0.39, 0.29) is 5.56 Å². The maximum Gasteiger partial charge on any atom is 0.259 e. The molecule has 0 saturated carbocycles. The third-order valence-corrected chi connectivity index (χ3v) is 2.95. The molecular formula is C16H9FN2O. The molecule has 96 valence electrons. The van der Waals surface area contributed by atoms with Crippen LogP contribution in [-0.4, -0.2) is 9.97 Å². The van der Waals surface area contributed by atoms with Crippen LogP contribution in [0.25, 0.3) is 22.3 Å². The monoisotopic (exact) mass is 264 g/mol. The van der Waals surface area contributed by atoms with E-state index < -0.39 is 5.82 Å². The molecule has 3 rings (SSSR count). The molecule has 0 aliphatic rings. The SMILES string of the molecule is C#Cc1cc(F)cc(-c2nc3ccccc3c(=O)[nH]2)c1. The molecule has 1 N–H and O–H groups in total. The lowest BCUT2D eigenvalue weighted by Crippen LogP contribution is -2.09. The molecule has 0 aliphatic heterocycles. The smallest absolute Gasteiger partial charge is 0.259 e. The van der Waals surface area contributed by atoms with Gasteiger partial charge in [0.05, 0.1) is 10.9 Å². The average molecular weight is 264 g/mol. The van der Waals surface area contributed by atoms with E-state index in [9.17, 15) is 9.18 Å². The van der Waals surface area contributed by atoms with Gasteiger partial charge >= 0.3 is 0 Å². The van der Waals surface area contributed by atoms with Gasteiger partial charge in [0, 0.05) is 11.1 Å². The van der Waals surface area contributed by atoms with Gasteiger partial charge in [-0.25, -0.2) is 9.37 Å². The van der Waals surface area contributed by atoms with Gasteiger partial charge in [-0.1, -0.05) is 18.1 Å². The number of hydrogen-bond donors (Lipinski definition) is 1. The molecule has 0 fully saturated rings. The van der Waals surface area contributed by atoms with Gasteiger partial charge in [0.1, 0.15) is 11.6 Å². The third-order valence-electron chi connectivity index (χ3n) is 2.95. The van der Waals surface area contributed by atoms with Gasteiger partial charge in [0.25, 0.3) is 5.56 Å². The summed E-state index contributed by atoms with van der Waals surface area (Å²) in [6, 6.07) is 11.1. The highest BCUT2D eigenvalue weighted by Gasteiger charge is 2.07. The maximum absolute atomic E-state index is 13.5. The van der Waals surface area contributed by atoms with Crippen LogP contribution in [0.2, 0.25) is 0 Å². The molecule has 0 atom stereocenters. The van der Waals surface area contributed by atoms with E-state index >= 15 is 0 Å². The summed E-state index contributed by atoms with van der Waals surface area (Å²) >= 11 is 0. The molecule has 0 saturated heterocycles. The molecule has 0 radical (unpaired) electrons. The van der Waals surface area contributed by atoms with Crippen LogP contribution in [0.4, 0.5) is 4.39 Å². The minimum atomic E-state index is -0.466. The second-order valence-electron chi connectivity index (χ2n) is 4.30. The van der Waals surface area contributed by atoms with Crippen molar-refractivity contribution in [1.29, 1.82) is 0 Å². The van der Waals surface area contributed by atoms with Crippen molar-refractivity contribution in [3.63, 3.8) is 0 Å². The molecule has 3 aromatic rings. The molecule has 20 heavy (non-hydrogen) atoms. The Labute approximate surface area is 114 Å². The summed E-state index contributed by atoms with van der Waals surface area (Å²) in [7, 11) is 0. The Hall–Kier alpha value is -2.93. The first-order valence-corrected chi connectivity index (χ1v) is 5.94. The molecule has 4 heteroatoms. The zero-order valence-electron chi connectivity index (χ0n) is 10.4. The van der Waals surface area contributed by atoms with E-state index in [1.807, 2.05) is 0 Å². The Kier molecular flexibility index (Phi) is 2.81. The summed E-state index contributed by atoms with van der Waals surface area (Å²) in [5, 5.41) is 0.491. The maximum atomic E-state index is 13.5. The van der Waals surface area contributed by atoms with Crippen LogP contribution in [0.15, 0.2) is 47.3 Å². The zero-order chi connectivity index (χ0) is 14.1. The molecule has 1 aromatic heterocycles. The van der Waals surface area contributed by atoms with Crippen molar-refractivity contribution in [3.8, 4) is 23.7 Å². The van der Waals surface area contributed by atoms with Gasteiger partial charge in [0.2, 0.25) is 0 Å². The van der Waals surface area contributed by atoms with Gasteiger partial charge in [-0.15, -0.1) is 6.42 Å². The minimum absolute atomic E-state index is 0.267. The van der Waals surface area contributed by atoms with Gasteiger partial charge in [0.15, 0.2) is 0 Å². The van der Waals surface area contributed by atoms with E-state index in [0.717, 1.165) is 0 Å². The third kappa shape index (κ3) is 2.06. The van der Waals surface area contributed by atoms with E-state index in [2.05, 4.69) is 15.9 Å². The second-order valence-corrected chi connectivity index (χ2v) is 4.30. The number of rotatable bonds is 1. The molecule has 0 spiro atoms. The number of hydrogen-bond acceptors (Lipinski definition) is 2. The van der Waals surface area contributed by atoms with E-state index in [4.69, 9.17) is 6.42 Å². The molecule has 2 aromatic carbocycles. The number of terminal acetylenes is 1. The number of aromatic amines is 1. The van der Waals surface area contributed by atoms with Crippen LogP contribution in [0.5, 0.6) is 0 Å². The van der Waals surface area contributed by atoms with Crippen molar-refractivity contribution in [3.05, 3.63) is 64.2 Å². The second kappa shape index (κ2) is 4.63. The van der Waals surface area contributed by atoms with E-state index in [1.165, 1.54) is 12.1 Å². The minimum Gasteiger partial charge on any atom is -0.306 e. The molecular weight excluding hydrogens is 255 g/mol. The first-order chi connectivity index (χ1) is 9.67. The van der Waals surface area contributed by atoms with Crippen LogP contribution >= 0.6 is 0 Å². The highest BCUT2D eigenvalue weighted by Crippen LogP contribution is 2.19. The van der Waals surface area contributed by atoms with Crippen molar-refractivity contribution >= 4 is 10.9 Å². The predicted molar refractivity (Wildman–Crippen MR) is 75.7 cm³/mol. The predicted octanol–water partition coefficient (Wildman–Crippen LogP) is 2.71. The number of nitrogens with zero attached hydrogens (tertiary/aromatic N) is 1. The van der Waals surface area contributed by atoms with Crippen LogP contribution in [-0.2, 0) is 0 Å². The van der Waals surface area contributed by atoms with Crippen LogP contribution in [0.3, 0.4) is 0 Å². The summed E-state index contributed by atoms with van der Waals surface area (Å²) in [5.74, 6) is 2.20. The number of fused-ring (bicyclic) bond motifs is 1. The first kappa shape index (κ1) is 12.1. The highest BCUT2D eigenvalue weighted by atomic mass is 19.1. The Morgan fingerprint density at radius 2 is 2.00 bits per heavy atom. The standard InChI is InChI=1S/C16H9FN2O/c1-2-10-7-11(9-12(17)8-10)15-18-14-6-4-3-5-13(14)16(20)19-15/h1,3-9H,(H,18,19,20). The molecule has 0 amide bonds. The zero-order valence-corrected chi connectivity index (χ0v) is 10.4. The highest BCUT2D eigenvalue weighted by molar-refractivity contribution is 5.79. The van der Waals surface area contributed by atoms with Crippen molar-refractivity contribution in [2.24, 2.45) is 0 Å². The van der Waals surface area contributed by atoms with Crippen molar-refractivity contribution in [1.82, 2.24) is 9.97 Å². The number of benzene rings is 2. The largest absolute Gasteiger partial charge is 0.306 e. The number of H-pyrrole nitrogens is 1. The summed E-state index contributed by atoms with van der Waals surface area (Å²) in [4.78, 5) is 19.0. The van der Waals surface area contributed by atoms with Crippen molar-refractivity contribution in [2.75, 3.05) is 0 Å². The lowest BCUT2D eigenvalue weighted by atomic mass is 10.1. The Bertz CT molecular complexity index is 906. The fraction of sp³-hybridized carbons (Fsp3) is 0. The van der Waals surface area contributed by atoms with Gasteiger partial charge in [-0.05, 0) is 30.3 Å². The molecule has 0 aliphatic carbocycles. The molecule has 0 bridgehead atoms. The summed E-state index contributed by atoms with van der Waals surface area (Å²) in [5.41, 5.74) is 1.13. The molecule has 0 unspecified atom stereocenters. The topological polar surface area (TPSA) is 45.8 Å². The summed E-state index contributed by atoms with van der Waals surface area (Å²) < 4.78 is 13.5. The van der Waals surface area contributed by atoms with E-state index in [0.29, 0.717) is 27.9 Å². The van der Waals surface area contributed by atoms with Gasteiger partial charge < -0.3 is 4.98 Å². The summed E-state index contributed by atoms with van der Waals surface area (Å²) in [6.45, 7) is 0. The Morgan fingerprint density at radius 1 is 1.20 bits per heavy atom. The van der Waals surface area contributed by atoms with Crippen LogP contribution < -0.4 is 5.56 Å². The molecule has 1 heterocycles. The molecule has 3 nitrogen and oxygen atoms in total. The normalized spacial score (nSPS) is 10.4. The lowest BCUT2D eigenvalue weighted by Gasteiger charge is -2.04. The summed E-state index contributed by atoms with van der Waals surface area (Å²) in [6.07, 6.45) is 5.28.